The van der Waals surface area contributed by atoms with Gasteiger partial charge in [-0.1, -0.05) is 0 Å². The molecule has 0 aliphatic carbocycles. The molecule has 2 aliphatic rings. The molecule has 2 aliphatic heterocycles. The fraction of sp³-hybridized carbons (Fsp3) is 0.381. The molecule has 0 saturated carbocycles. The second-order valence-electron chi connectivity index (χ2n) is 7.21. The number of nitrogens with one attached hydrogen (secondary N) is 1. The molecule has 0 radical (unpaired) electrons. The molecule has 0 aromatic heterocycles. The predicted molar refractivity (Wildman–Crippen MR) is 111 cm³/mol. The van der Waals surface area contributed by atoms with Crippen LogP contribution in [0, 0.1) is 11.6 Å². The van der Waals surface area contributed by atoms with Crippen molar-refractivity contribution in [3.63, 3.8) is 0 Å². The van der Waals surface area contributed by atoms with E-state index in [4.69, 9.17) is 0 Å². The Labute approximate surface area is 174 Å². The third kappa shape index (κ3) is 3.88. The van der Waals surface area contributed by atoms with Gasteiger partial charge in [0.1, 0.15) is 0 Å². The summed E-state index contributed by atoms with van der Waals surface area (Å²) >= 11 is 0. The molecule has 6 nitrogen and oxygen atoms in total. The first-order valence-corrected chi connectivity index (χ1v) is 9.88. The number of aliphatic hydroxyl groups excluding tert-OH is 1. The molecule has 2 amide bonds. The molecule has 2 N–H and O–H groups in total. The summed E-state index contributed by atoms with van der Waals surface area (Å²) in [5.41, 5.74) is 1.52. The number of hydrogen-bond acceptors (Lipinski definition) is 4. The van der Waals surface area contributed by atoms with Gasteiger partial charge in [-0.15, -0.1) is 0 Å². The molecular formula is C21H24BF2N3O3. The zero-order chi connectivity index (χ0) is 22.0. The van der Waals surface area contributed by atoms with E-state index in [1.165, 1.54) is 11.0 Å². The summed E-state index contributed by atoms with van der Waals surface area (Å²) < 4.78 is 27.0. The SMILES string of the molecule is CB=C1C(O)=C(C(=O)N(C)CC)N2CCCC2=C1C(=O)NCc1ccc(F)cc1F. The van der Waals surface area contributed by atoms with Crippen LogP contribution >= 0.6 is 0 Å². The maximum atomic E-state index is 13.9. The molecule has 30 heavy (non-hydrogen) atoms. The number of halogens is 2. The zero-order valence-electron chi connectivity index (χ0n) is 17.3. The van der Waals surface area contributed by atoms with Crippen molar-refractivity contribution >= 4 is 24.2 Å². The summed E-state index contributed by atoms with van der Waals surface area (Å²) in [7, 11) is 1.65. The van der Waals surface area contributed by atoms with E-state index < -0.39 is 17.5 Å². The van der Waals surface area contributed by atoms with Gasteiger partial charge in [-0.3, -0.25) is 0 Å². The Morgan fingerprint density at radius 3 is 2.70 bits per heavy atom. The fourth-order valence-corrected chi connectivity index (χ4v) is 3.71. The zero-order valence-corrected chi connectivity index (χ0v) is 17.3. The number of likely N-dealkylation sites (N-methyl/N-ethyl adjacent to an activating group) is 1. The van der Waals surface area contributed by atoms with Crippen LogP contribution in [0.1, 0.15) is 25.3 Å². The van der Waals surface area contributed by atoms with Gasteiger partial charge < -0.3 is 0 Å². The Bertz CT molecular complexity index is 988. The number of hydrogen-bond donors (Lipinski definition) is 2. The van der Waals surface area contributed by atoms with E-state index in [9.17, 15) is 23.5 Å². The monoisotopic (exact) mass is 415 g/mol. The number of amides is 2. The van der Waals surface area contributed by atoms with Crippen molar-refractivity contribution in [1.82, 2.24) is 15.1 Å². The van der Waals surface area contributed by atoms with Crippen molar-refractivity contribution in [2.24, 2.45) is 0 Å². The first-order valence-electron chi connectivity index (χ1n) is 9.88. The van der Waals surface area contributed by atoms with Crippen LogP contribution in [0.25, 0.3) is 0 Å². The molecule has 2 heterocycles. The van der Waals surface area contributed by atoms with Gasteiger partial charge in [0, 0.05) is 0 Å². The van der Waals surface area contributed by atoms with E-state index in [-0.39, 0.29) is 40.5 Å². The van der Waals surface area contributed by atoms with Crippen LogP contribution in [0.3, 0.4) is 0 Å². The van der Waals surface area contributed by atoms with Gasteiger partial charge in [-0.2, -0.15) is 0 Å². The quantitative estimate of drug-likeness (QED) is 0.723. The van der Waals surface area contributed by atoms with Gasteiger partial charge in [0.2, 0.25) is 0 Å². The van der Waals surface area contributed by atoms with Gasteiger partial charge in [0.05, 0.1) is 0 Å². The third-order valence-electron chi connectivity index (χ3n) is 5.42. The predicted octanol–water partition coefficient (Wildman–Crippen LogP) is 2.12. The van der Waals surface area contributed by atoms with Crippen LogP contribution in [0.5, 0.6) is 0 Å². The Hall–Kier alpha value is -2.97. The van der Waals surface area contributed by atoms with Crippen LogP contribution in [0.15, 0.2) is 40.9 Å². The van der Waals surface area contributed by atoms with Crippen molar-refractivity contribution < 1.29 is 23.5 Å². The number of rotatable bonds is 5. The van der Waals surface area contributed by atoms with Crippen molar-refractivity contribution in [2.45, 2.75) is 33.1 Å². The summed E-state index contributed by atoms with van der Waals surface area (Å²) in [6.45, 7) is 5.96. The summed E-state index contributed by atoms with van der Waals surface area (Å²) in [6.07, 6.45) is 1.31. The molecule has 1 aromatic carbocycles. The van der Waals surface area contributed by atoms with Gasteiger partial charge >= 0.3 is 174 Å². The van der Waals surface area contributed by atoms with Crippen LogP contribution in [0.2, 0.25) is 6.82 Å². The summed E-state index contributed by atoms with van der Waals surface area (Å²) in [5, 5.41) is 13.5. The van der Waals surface area contributed by atoms with Gasteiger partial charge in [0.15, 0.2) is 0 Å². The number of allylic oxidation sites excluding steroid dienone is 2. The normalized spacial score (nSPS) is 17.2. The van der Waals surface area contributed by atoms with Crippen LogP contribution in [-0.4, -0.2) is 59.2 Å². The van der Waals surface area contributed by atoms with E-state index in [1.807, 2.05) is 6.92 Å². The van der Waals surface area contributed by atoms with Crippen LogP contribution in [-0.2, 0) is 16.1 Å². The summed E-state index contributed by atoms with van der Waals surface area (Å²) in [4.78, 5) is 29.0. The Kier molecular flexibility index (Phi) is 6.38. The van der Waals surface area contributed by atoms with Gasteiger partial charge in [-0.05, 0) is 0 Å². The summed E-state index contributed by atoms with van der Waals surface area (Å²) in [5.74, 6) is -2.49. The van der Waals surface area contributed by atoms with Gasteiger partial charge in [0.25, 0.3) is 0 Å². The Morgan fingerprint density at radius 1 is 1.33 bits per heavy atom. The van der Waals surface area contributed by atoms with E-state index in [0.29, 0.717) is 25.2 Å². The minimum absolute atomic E-state index is 0.131. The molecule has 3 rings (SSSR count). The minimum atomic E-state index is -0.747. The number of nitrogens with zero attached hydrogens (tertiary/aromatic N) is 2. The number of benzene rings is 1. The number of aliphatic hydroxyl groups is 1. The van der Waals surface area contributed by atoms with Crippen LogP contribution < -0.4 is 5.32 Å². The molecule has 1 saturated heterocycles. The molecule has 0 bridgehead atoms. The molecule has 0 atom stereocenters. The number of carbonyl (C=O) groups excluding carboxylic acids is 2. The van der Waals surface area contributed by atoms with Crippen LogP contribution in [0.4, 0.5) is 8.78 Å². The average molecular weight is 415 g/mol. The molecule has 1 fully saturated rings. The molecule has 9 heteroatoms. The van der Waals surface area contributed by atoms with E-state index in [2.05, 4.69) is 5.32 Å². The Morgan fingerprint density at radius 2 is 2.07 bits per heavy atom. The molecule has 158 valence electrons. The topological polar surface area (TPSA) is 72.9 Å². The van der Waals surface area contributed by atoms with E-state index in [1.54, 1.807) is 25.7 Å². The van der Waals surface area contributed by atoms with Crippen molar-refractivity contribution in [3.05, 3.63) is 58.1 Å². The molecule has 1 aromatic rings. The standard InChI is InChI=1S/C21H24BF2N3O3/c1-4-26(3)21(30)18-19(28)17(22-2)16(15-6-5-9-27(15)18)20(29)25-11-12-7-8-13(23)10-14(12)24/h7-8,10,28H,4-6,9,11H2,1-3H3,(H,25,29). The van der Waals surface area contributed by atoms with Gasteiger partial charge in [-0.25, -0.2) is 0 Å². The first-order chi connectivity index (χ1) is 14.3. The Balaban J connectivity index is 1.92. The molecular weight excluding hydrogens is 391 g/mol. The second kappa shape index (κ2) is 8.81. The summed E-state index contributed by atoms with van der Waals surface area (Å²) in [6, 6.07) is 3.16. The maximum absolute atomic E-state index is 13.9. The second-order valence-corrected chi connectivity index (χ2v) is 7.21. The number of carbonyl (C=O) groups is 2. The first kappa shape index (κ1) is 21.7. The van der Waals surface area contributed by atoms with Crippen molar-refractivity contribution in [1.29, 1.82) is 0 Å². The number of fused-ring (bicyclic) bond motifs is 1. The fourth-order valence-electron chi connectivity index (χ4n) is 3.71. The molecule has 0 unspecified atom stereocenters. The third-order valence-corrected chi connectivity index (χ3v) is 5.42. The van der Waals surface area contributed by atoms with Crippen molar-refractivity contribution in [3.8, 4) is 0 Å². The average Bonchev–Trinajstić information content (AvgIpc) is 3.19. The molecule has 0 spiro atoms. The van der Waals surface area contributed by atoms with Crippen molar-refractivity contribution in [2.75, 3.05) is 20.1 Å². The van der Waals surface area contributed by atoms with E-state index >= 15 is 0 Å². The van der Waals surface area contributed by atoms with E-state index in [0.717, 1.165) is 18.6 Å².